The highest BCUT2D eigenvalue weighted by molar-refractivity contribution is 7.89. The molecule has 1 saturated heterocycles. The molecule has 0 saturated carbocycles. The molecule has 1 aromatic heterocycles. The lowest BCUT2D eigenvalue weighted by molar-refractivity contribution is 0.253. The molecule has 1 aliphatic heterocycles. The van der Waals surface area contributed by atoms with Gasteiger partial charge in [-0.1, -0.05) is 0 Å². The molecule has 7 nitrogen and oxygen atoms in total. The molecule has 114 valence electrons. The van der Waals surface area contributed by atoms with Gasteiger partial charge in [0.1, 0.15) is 0 Å². The molecule has 0 aliphatic carbocycles. The molecule has 2 rings (SSSR count). The number of piperazine rings is 1. The van der Waals surface area contributed by atoms with Crippen LogP contribution in [0.4, 0.5) is 0 Å². The van der Waals surface area contributed by atoms with Crippen LogP contribution in [-0.4, -0.2) is 68.1 Å². The van der Waals surface area contributed by atoms with Gasteiger partial charge in [-0.15, -0.1) is 0 Å². The Balaban J connectivity index is 1.67. The van der Waals surface area contributed by atoms with Crippen molar-refractivity contribution in [2.75, 3.05) is 45.0 Å². The summed E-state index contributed by atoms with van der Waals surface area (Å²) < 4.78 is 28.2. The molecule has 8 heteroatoms. The second kappa shape index (κ2) is 7.16. The molecule has 0 bridgehead atoms. The van der Waals surface area contributed by atoms with Crippen LogP contribution in [0.3, 0.4) is 0 Å². The minimum atomic E-state index is -3.18. The minimum absolute atomic E-state index is 0.167. The Bertz CT molecular complexity index is 508. The first-order valence-corrected chi connectivity index (χ1v) is 8.58. The first-order chi connectivity index (χ1) is 9.55. The van der Waals surface area contributed by atoms with Crippen molar-refractivity contribution in [3.63, 3.8) is 0 Å². The Morgan fingerprint density at radius 1 is 1.40 bits per heavy atom. The third-order valence-corrected chi connectivity index (χ3v) is 4.74. The van der Waals surface area contributed by atoms with Crippen LogP contribution in [-0.2, 0) is 23.5 Å². The fourth-order valence-corrected chi connectivity index (χ4v) is 3.26. The van der Waals surface area contributed by atoms with E-state index in [1.165, 1.54) is 0 Å². The molecule has 2 N–H and O–H groups in total. The van der Waals surface area contributed by atoms with Gasteiger partial charge >= 0.3 is 0 Å². The Kier molecular flexibility index (Phi) is 5.53. The predicted molar refractivity (Wildman–Crippen MR) is 78.0 cm³/mol. The Morgan fingerprint density at radius 2 is 2.15 bits per heavy atom. The summed E-state index contributed by atoms with van der Waals surface area (Å²) in [7, 11) is -1.34. The van der Waals surface area contributed by atoms with Crippen molar-refractivity contribution in [3.05, 3.63) is 18.0 Å². The van der Waals surface area contributed by atoms with E-state index in [0.717, 1.165) is 31.7 Å². The van der Waals surface area contributed by atoms with Crippen molar-refractivity contribution < 1.29 is 8.42 Å². The lowest BCUT2D eigenvalue weighted by atomic mass is 10.3. The van der Waals surface area contributed by atoms with Gasteiger partial charge in [-0.25, -0.2) is 13.1 Å². The number of aromatic nitrogens is 2. The molecule has 0 aromatic carbocycles. The summed E-state index contributed by atoms with van der Waals surface area (Å²) in [5.41, 5.74) is 1.04. The normalized spacial score (nSPS) is 17.4. The van der Waals surface area contributed by atoms with Crippen LogP contribution in [0.5, 0.6) is 0 Å². The summed E-state index contributed by atoms with van der Waals surface area (Å²) in [6.07, 6.45) is 4.32. The number of aryl methyl sites for hydroxylation is 1. The second-order valence-corrected chi connectivity index (χ2v) is 7.00. The Labute approximate surface area is 120 Å². The van der Waals surface area contributed by atoms with E-state index in [2.05, 4.69) is 20.0 Å². The van der Waals surface area contributed by atoms with Gasteiger partial charge < -0.3 is 5.32 Å². The quantitative estimate of drug-likeness (QED) is 0.660. The van der Waals surface area contributed by atoms with E-state index in [-0.39, 0.29) is 5.75 Å². The molecular formula is C12H23N5O2S. The second-order valence-electron chi connectivity index (χ2n) is 5.08. The van der Waals surface area contributed by atoms with Gasteiger partial charge in [0, 0.05) is 52.5 Å². The van der Waals surface area contributed by atoms with Crippen LogP contribution < -0.4 is 10.0 Å². The predicted octanol–water partition coefficient (Wildman–Crippen LogP) is -1.21. The van der Waals surface area contributed by atoms with Crippen molar-refractivity contribution in [1.29, 1.82) is 0 Å². The summed E-state index contributed by atoms with van der Waals surface area (Å²) in [5, 5.41) is 7.31. The van der Waals surface area contributed by atoms with Crippen LogP contribution in [0.2, 0.25) is 0 Å². The van der Waals surface area contributed by atoms with Crippen LogP contribution >= 0.6 is 0 Å². The van der Waals surface area contributed by atoms with Gasteiger partial charge in [0.2, 0.25) is 10.0 Å². The monoisotopic (exact) mass is 301 g/mol. The zero-order valence-electron chi connectivity index (χ0n) is 11.9. The SMILES string of the molecule is Cn1cc(CCNS(=O)(=O)CCN2CCNCC2)cn1. The molecule has 1 aromatic rings. The van der Waals surface area contributed by atoms with Gasteiger partial charge in [-0.3, -0.25) is 9.58 Å². The summed E-state index contributed by atoms with van der Waals surface area (Å²) in [6, 6.07) is 0. The number of nitrogens with zero attached hydrogens (tertiary/aromatic N) is 3. The van der Waals surface area contributed by atoms with Gasteiger partial charge in [0.15, 0.2) is 0 Å². The highest BCUT2D eigenvalue weighted by Crippen LogP contribution is 1.98. The van der Waals surface area contributed by atoms with Gasteiger partial charge in [0.05, 0.1) is 11.9 Å². The summed E-state index contributed by atoms with van der Waals surface area (Å²) in [4.78, 5) is 2.18. The van der Waals surface area contributed by atoms with E-state index in [1.54, 1.807) is 10.9 Å². The average molecular weight is 301 g/mol. The molecule has 0 spiro atoms. The molecule has 1 fully saturated rings. The van der Waals surface area contributed by atoms with Crippen molar-refractivity contribution in [2.45, 2.75) is 6.42 Å². The molecule has 20 heavy (non-hydrogen) atoms. The smallest absolute Gasteiger partial charge is 0.212 e. The van der Waals surface area contributed by atoms with Crippen LogP contribution in [0.1, 0.15) is 5.56 Å². The summed E-state index contributed by atoms with van der Waals surface area (Å²) in [5.74, 6) is 0.167. The topological polar surface area (TPSA) is 79.3 Å². The molecule has 0 atom stereocenters. The molecule has 0 amide bonds. The van der Waals surface area contributed by atoms with Crippen molar-refractivity contribution in [3.8, 4) is 0 Å². The molecule has 1 aliphatic rings. The fourth-order valence-electron chi connectivity index (χ4n) is 2.21. The van der Waals surface area contributed by atoms with Crippen molar-refractivity contribution >= 4 is 10.0 Å². The van der Waals surface area contributed by atoms with Crippen molar-refractivity contribution in [1.82, 2.24) is 24.7 Å². The van der Waals surface area contributed by atoms with Gasteiger partial charge in [-0.05, 0) is 12.0 Å². The largest absolute Gasteiger partial charge is 0.314 e. The first kappa shape index (κ1) is 15.4. The van der Waals surface area contributed by atoms with E-state index < -0.39 is 10.0 Å². The van der Waals surface area contributed by atoms with Crippen molar-refractivity contribution in [2.24, 2.45) is 7.05 Å². The molecule has 0 unspecified atom stereocenters. The van der Waals surface area contributed by atoms with Gasteiger partial charge in [-0.2, -0.15) is 5.10 Å². The highest BCUT2D eigenvalue weighted by atomic mass is 32.2. The van der Waals surface area contributed by atoms with E-state index in [0.29, 0.717) is 19.5 Å². The number of nitrogens with one attached hydrogen (secondary N) is 2. The maximum atomic E-state index is 11.9. The summed E-state index contributed by atoms with van der Waals surface area (Å²) in [6.45, 7) is 4.75. The maximum absolute atomic E-state index is 11.9. The van der Waals surface area contributed by atoms with E-state index in [9.17, 15) is 8.42 Å². The number of sulfonamides is 1. The van der Waals surface area contributed by atoms with Crippen LogP contribution in [0.25, 0.3) is 0 Å². The zero-order chi connectivity index (χ0) is 14.4. The molecule has 0 radical (unpaired) electrons. The van der Waals surface area contributed by atoms with Crippen LogP contribution in [0.15, 0.2) is 12.4 Å². The average Bonchev–Trinajstić information content (AvgIpc) is 2.83. The molecular weight excluding hydrogens is 278 g/mol. The zero-order valence-corrected chi connectivity index (χ0v) is 12.7. The minimum Gasteiger partial charge on any atom is -0.314 e. The first-order valence-electron chi connectivity index (χ1n) is 6.93. The number of hydrogen-bond acceptors (Lipinski definition) is 5. The Hall–Kier alpha value is -0.960. The molecule has 2 heterocycles. The third kappa shape index (κ3) is 5.20. The van der Waals surface area contributed by atoms with Gasteiger partial charge in [0.25, 0.3) is 0 Å². The number of hydrogen-bond donors (Lipinski definition) is 2. The van der Waals surface area contributed by atoms with E-state index in [4.69, 9.17) is 0 Å². The van der Waals surface area contributed by atoms with E-state index >= 15 is 0 Å². The fraction of sp³-hybridized carbons (Fsp3) is 0.750. The third-order valence-electron chi connectivity index (χ3n) is 3.38. The highest BCUT2D eigenvalue weighted by Gasteiger charge is 2.15. The maximum Gasteiger partial charge on any atom is 0.212 e. The lowest BCUT2D eigenvalue weighted by Crippen LogP contribution is -2.46. The summed E-state index contributed by atoms with van der Waals surface area (Å²) >= 11 is 0. The number of rotatable bonds is 7. The lowest BCUT2D eigenvalue weighted by Gasteiger charge is -2.26. The van der Waals surface area contributed by atoms with E-state index in [1.807, 2.05) is 13.2 Å². The standard InChI is InChI=1S/C12H23N5O2S/c1-16-11-12(10-14-16)2-3-15-20(18,19)9-8-17-6-4-13-5-7-17/h10-11,13,15H,2-9H2,1H3. The Morgan fingerprint density at radius 3 is 2.80 bits per heavy atom. The van der Waals surface area contributed by atoms with Crippen LogP contribution in [0, 0.1) is 0 Å².